The zero-order chi connectivity index (χ0) is 13.0. The molecule has 0 atom stereocenters. The number of nitrogens with one attached hydrogen (secondary N) is 1. The van der Waals surface area contributed by atoms with Gasteiger partial charge in [-0.2, -0.15) is 5.26 Å². The van der Waals surface area contributed by atoms with Gasteiger partial charge in [0.1, 0.15) is 17.6 Å². The van der Waals surface area contributed by atoms with Gasteiger partial charge in [0.15, 0.2) is 0 Å². The van der Waals surface area contributed by atoms with E-state index in [2.05, 4.69) is 15.3 Å². The minimum absolute atomic E-state index is 0.278. The van der Waals surface area contributed by atoms with E-state index in [1.54, 1.807) is 18.3 Å². The van der Waals surface area contributed by atoms with Gasteiger partial charge in [0.2, 0.25) is 0 Å². The van der Waals surface area contributed by atoms with Crippen LogP contribution in [0.1, 0.15) is 21.6 Å². The number of rotatable bonds is 2. The number of pyridine rings is 2. The van der Waals surface area contributed by atoms with Gasteiger partial charge in [0.05, 0.1) is 5.56 Å². The summed E-state index contributed by atoms with van der Waals surface area (Å²) < 4.78 is 0. The van der Waals surface area contributed by atoms with Crippen molar-refractivity contribution in [2.24, 2.45) is 0 Å². The lowest BCUT2D eigenvalue weighted by atomic mass is 10.2. The summed E-state index contributed by atoms with van der Waals surface area (Å²) in [5.74, 6) is 0.223. The lowest BCUT2D eigenvalue weighted by Gasteiger charge is -2.06. The minimum atomic E-state index is -0.297. The number of aromatic nitrogens is 2. The van der Waals surface area contributed by atoms with Crippen LogP contribution in [0.2, 0.25) is 0 Å². The molecule has 0 radical (unpaired) electrons. The predicted molar refractivity (Wildman–Crippen MR) is 65.9 cm³/mol. The van der Waals surface area contributed by atoms with E-state index in [9.17, 15) is 4.79 Å². The van der Waals surface area contributed by atoms with E-state index in [-0.39, 0.29) is 11.6 Å². The van der Waals surface area contributed by atoms with Crippen LogP contribution in [0.3, 0.4) is 0 Å². The first kappa shape index (κ1) is 11.7. The molecule has 0 saturated heterocycles. The molecular formula is C13H10N4O. The standard InChI is InChI=1S/C13H10N4O/c1-9-3-2-6-15-12(9)17-13(18)10-4-5-11(7-14)16-8-10/h2-6,8H,1H3,(H,15,17,18). The van der Waals surface area contributed by atoms with Crippen LogP contribution in [0.4, 0.5) is 5.82 Å². The monoisotopic (exact) mass is 238 g/mol. The van der Waals surface area contributed by atoms with E-state index < -0.39 is 0 Å². The van der Waals surface area contributed by atoms with E-state index >= 15 is 0 Å². The molecule has 2 aromatic rings. The third-order valence-electron chi connectivity index (χ3n) is 2.38. The highest BCUT2D eigenvalue weighted by Gasteiger charge is 2.08. The summed E-state index contributed by atoms with van der Waals surface area (Å²) in [6.45, 7) is 1.86. The van der Waals surface area contributed by atoms with E-state index in [1.807, 2.05) is 19.1 Å². The average Bonchev–Trinajstić information content (AvgIpc) is 2.41. The van der Waals surface area contributed by atoms with E-state index in [4.69, 9.17) is 5.26 Å². The van der Waals surface area contributed by atoms with E-state index in [0.717, 1.165) is 5.56 Å². The third-order valence-corrected chi connectivity index (χ3v) is 2.38. The first-order valence-corrected chi connectivity index (χ1v) is 5.30. The first-order chi connectivity index (χ1) is 8.70. The van der Waals surface area contributed by atoms with Crippen molar-refractivity contribution in [2.75, 3.05) is 5.32 Å². The highest BCUT2D eigenvalue weighted by Crippen LogP contribution is 2.11. The Labute approximate surface area is 104 Å². The highest BCUT2D eigenvalue weighted by atomic mass is 16.1. The lowest BCUT2D eigenvalue weighted by molar-refractivity contribution is 0.102. The van der Waals surface area contributed by atoms with Gasteiger partial charge in [0.25, 0.3) is 5.91 Å². The van der Waals surface area contributed by atoms with Crippen molar-refractivity contribution in [2.45, 2.75) is 6.92 Å². The predicted octanol–water partition coefficient (Wildman–Crippen LogP) is 1.91. The number of carbonyl (C=O) groups excluding carboxylic acids is 1. The summed E-state index contributed by atoms with van der Waals surface area (Å²) in [4.78, 5) is 19.8. The molecule has 0 aromatic carbocycles. The molecule has 0 aliphatic heterocycles. The SMILES string of the molecule is Cc1cccnc1NC(=O)c1ccc(C#N)nc1. The maximum Gasteiger partial charge on any atom is 0.258 e. The number of hydrogen-bond acceptors (Lipinski definition) is 4. The van der Waals surface area contributed by atoms with Crippen LogP contribution in [0.25, 0.3) is 0 Å². The number of nitriles is 1. The minimum Gasteiger partial charge on any atom is -0.306 e. The Morgan fingerprint density at radius 1 is 1.33 bits per heavy atom. The second-order valence-electron chi connectivity index (χ2n) is 3.67. The normalized spacial score (nSPS) is 9.56. The molecule has 0 aliphatic rings. The summed E-state index contributed by atoms with van der Waals surface area (Å²) >= 11 is 0. The Morgan fingerprint density at radius 2 is 2.17 bits per heavy atom. The fraction of sp³-hybridized carbons (Fsp3) is 0.0769. The molecule has 2 rings (SSSR count). The molecule has 5 heteroatoms. The van der Waals surface area contributed by atoms with Crippen LogP contribution in [0.5, 0.6) is 0 Å². The Kier molecular flexibility index (Phi) is 3.30. The zero-order valence-electron chi connectivity index (χ0n) is 9.71. The van der Waals surface area contributed by atoms with Crippen molar-refractivity contribution >= 4 is 11.7 Å². The molecule has 2 aromatic heterocycles. The number of carbonyl (C=O) groups is 1. The Balaban J connectivity index is 2.17. The summed E-state index contributed by atoms with van der Waals surface area (Å²) in [5.41, 5.74) is 1.55. The van der Waals surface area contributed by atoms with Gasteiger partial charge < -0.3 is 5.32 Å². The van der Waals surface area contributed by atoms with Crippen molar-refractivity contribution in [1.29, 1.82) is 5.26 Å². The van der Waals surface area contributed by atoms with Crippen LogP contribution in [0, 0.1) is 18.3 Å². The van der Waals surface area contributed by atoms with Gasteiger partial charge in [-0.3, -0.25) is 4.79 Å². The molecule has 0 saturated carbocycles. The zero-order valence-corrected chi connectivity index (χ0v) is 9.71. The average molecular weight is 238 g/mol. The van der Waals surface area contributed by atoms with Gasteiger partial charge in [-0.25, -0.2) is 9.97 Å². The largest absolute Gasteiger partial charge is 0.306 e. The quantitative estimate of drug-likeness (QED) is 0.866. The molecule has 2 heterocycles. The summed E-state index contributed by atoms with van der Waals surface area (Å²) in [5, 5.41) is 11.3. The molecule has 0 fully saturated rings. The Bertz CT molecular complexity index is 614. The molecular weight excluding hydrogens is 228 g/mol. The number of aryl methyl sites for hydroxylation is 1. The van der Waals surface area contributed by atoms with Gasteiger partial charge in [-0.1, -0.05) is 6.07 Å². The molecule has 0 aliphatic carbocycles. The van der Waals surface area contributed by atoms with Crippen molar-refractivity contribution in [3.05, 3.63) is 53.5 Å². The van der Waals surface area contributed by atoms with Crippen LogP contribution >= 0.6 is 0 Å². The highest BCUT2D eigenvalue weighted by molar-refractivity contribution is 6.03. The van der Waals surface area contributed by atoms with Gasteiger partial charge in [0, 0.05) is 12.4 Å². The van der Waals surface area contributed by atoms with Crippen molar-refractivity contribution in [1.82, 2.24) is 9.97 Å². The fourth-order valence-electron chi connectivity index (χ4n) is 1.39. The van der Waals surface area contributed by atoms with Crippen molar-refractivity contribution in [3.8, 4) is 6.07 Å². The van der Waals surface area contributed by atoms with Gasteiger partial charge in [-0.05, 0) is 30.7 Å². The molecule has 88 valence electrons. The lowest BCUT2D eigenvalue weighted by Crippen LogP contribution is -2.14. The third kappa shape index (κ3) is 2.50. The number of nitrogens with zero attached hydrogens (tertiary/aromatic N) is 3. The molecule has 0 unspecified atom stereocenters. The Morgan fingerprint density at radius 3 is 2.78 bits per heavy atom. The van der Waals surface area contributed by atoms with E-state index in [0.29, 0.717) is 11.4 Å². The summed E-state index contributed by atoms with van der Waals surface area (Å²) in [7, 11) is 0. The second-order valence-corrected chi connectivity index (χ2v) is 3.67. The van der Waals surface area contributed by atoms with Gasteiger partial charge in [-0.15, -0.1) is 0 Å². The number of hydrogen-bond donors (Lipinski definition) is 1. The molecule has 1 amide bonds. The van der Waals surface area contributed by atoms with Crippen LogP contribution < -0.4 is 5.32 Å². The summed E-state index contributed by atoms with van der Waals surface area (Å²) in [6, 6.07) is 8.61. The molecule has 1 N–H and O–H groups in total. The van der Waals surface area contributed by atoms with Crippen LogP contribution in [-0.4, -0.2) is 15.9 Å². The van der Waals surface area contributed by atoms with Gasteiger partial charge >= 0.3 is 0 Å². The Hall–Kier alpha value is -2.74. The number of anilines is 1. The fourth-order valence-corrected chi connectivity index (χ4v) is 1.39. The first-order valence-electron chi connectivity index (χ1n) is 5.30. The van der Waals surface area contributed by atoms with Crippen LogP contribution in [0.15, 0.2) is 36.7 Å². The molecule has 0 bridgehead atoms. The van der Waals surface area contributed by atoms with Crippen molar-refractivity contribution < 1.29 is 4.79 Å². The van der Waals surface area contributed by atoms with Crippen LogP contribution in [-0.2, 0) is 0 Å². The summed E-state index contributed by atoms with van der Waals surface area (Å²) in [6.07, 6.45) is 2.98. The second kappa shape index (κ2) is 5.06. The number of amides is 1. The molecule has 0 spiro atoms. The molecule has 18 heavy (non-hydrogen) atoms. The maximum atomic E-state index is 11.9. The molecule has 5 nitrogen and oxygen atoms in total. The topological polar surface area (TPSA) is 78.7 Å². The van der Waals surface area contributed by atoms with Crippen molar-refractivity contribution in [3.63, 3.8) is 0 Å². The maximum absolute atomic E-state index is 11.9. The van der Waals surface area contributed by atoms with E-state index in [1.165, 1.54) is 12.3 Å². The smallest absolute Gasteiger partial charge is 0.258 e.